The van der Waals surface area contributed by atoms with Crippen LogP contribution in [-0.4, -0.2) is 25.4 Å². The summed E-state index contributed by atoms with van der Waals surface area (Å²) in [6.07, 6.45) is 1.31. The Morgan fingerprint density at radius 2 is 1.92 bits per heavy atom. The van der Waals surface area contributed by atoms with E-state index < -0.39 is 0 Å². The number of amides is 1. The van der Waals surface area contributed by atoms with E-state index in [1.54, 1.807) is 36.4 Å². The van der Waals surface area contributed by atoms with Gasteiger partial charge in [0, 0.05) is 10.7 Å². The van der Waals surface area contributed by atoms with Crippen LogP contribution >= 0.6 is 11.6 Å². The smallest absolute Gasteiger partial charge is 0.323 e. The first-order valence-corrected chi connectivity index (χ1v) is 8.04. The molecule has 0 spiro atoms. The number of benzene rings is 2. The molecule has 2 aromatic heterocycles. The van der Waals surface area contributed by atoms with Crippen molar-refractivity contribution in [2.45, 2.75) is 6.54 Å². The predicted molar refractivity (Wildman–Crippen MR) is 98.6 cm³/mol. The van der Waals surface area contributed by atoms with Crippen LogP contribution in [0.4, 0.5) is 5.69 Å². The number of aromatic amines is 2. The van der Waals surface area contributed by atoms with E-state index in [0.717, 1.165) is 0 Å². The molecule has 26 heavy (non-hydrogen) atoms. The maximum Gasteiger partial charge on any atom is 0.323 e. The van der Waals surface area contributed by atoms with Crippen LogP contribution in [0.3, 0.4) is 0 Å². The molecule has 0 bridgehead atoms. The fourth-order valence-corrected chi connectivity index (χ4v) is 2.88. The van der Waals surface area contributed by atoms with Crippen LogP contribution in [0.15, 0.2) is 52.3 Å². The predicted octanol–water partition coefficient (Wildman–Crippen LogP) is 1.86. The number of rotatable bonds is 3. The van der Waals surface area contributed by atoms with E-state index >= 15 is 0 Å². The van der Waals surface area contributed by atoms with Gasteiger partial charge >= 0.3 is 5.69 Å². The number of hydrogen-bond donors (Lipinski definition) is 3. The Bertz CT molecular complexity index is 1270. The van der Waals surface area contributed by atoms with Gasteiger partial charge in [-0.2, -0.15) is 0 Å². The number of nitrogens with one attached hydrogen (secondary N) is 3. The molecule has 0 fully saturated rings. The quantitative estimate of drug-likeness (QED) is 0.511. The lowest BCUT2D eigenvalue weighted by molar-refractivity contribution is -0.116. The number of imidazole rings is 1. The van der Waals surface area contributed by atoms with E-state index in [1.807, 2.05) is 0 Å². The SMILES string of the molecule is O=C(Cn1cnc2cc(Cl)ccc2c1=O)Nc1ccc2[nH]c(=O)[nH]c2c1. The molecular weight excluding hydrogens is 358 g/mol. The molecule has 0 unspecified atom stereocenters. The van der Waals surface area contributed by atoms with Crippen LogP contribution < -0.4 is 16.6 Å². The molecule has 4 rings (SSSR count). The number of nitrogens with zero attached hydrogens (tertiary/aromatic N) is 2. The van der Waals surface area contributed by atoms with Crippen molar-refractivity contribution in [3.63, 3.8) is 0 Å². The summed E-state index contributed by atoms with van der Waals surface area (Å²) in [5.74, 6) is -0.389. The lowest BCUT2D eigenvalue weighted by atomic mass is 10.2. The molecule has 0 saturated carbocycles. The van der Waals surface area contributed by atoms with Crippen molar-refractivity contribution in [2.24, 2.45) is 0 Å². The molecule has 0 aliphatic heterocycles. The van der Waals surface area contributed by atoms with Gasteiger partial charge in [0.15, 0.2) is 0 Å². The summed E-state index contributed by atoms with van der Waals surface area (Å²) in [6, 6.07) is 9.75. The Labute approximate surface area is 150 Å². The summed E-state index contributed by atoms with van der Waals surface area (Å²) in [6.45, 7) is -0.188. The second kappa shape index (κ2) is 6.16. The largest absolute Gasteiger partial charge is 0.324 e. The molecule has 2 heterocycles. The number of halogens is 1. The topological polar surface area (TPSA) is 113 Å². The molecule has 130 valence electrons. The molecule has 1 amide bonds. The third-order valence-electron chi connectivity index (χ3n) is 3.90. The van der Waals surface area contributed by atoms with Gasteiger partial charge in [-0.1, -0.05) is 11.6 Å². The minimum absolute atomic E-state index is 0.188. The minimum Gasteiger partial charge on any atom is -0.324 e. The summed E-state index contributed by atoms with van der Waals surface area (Å²) in [7, 11) is 0. The average molecular weight is 370 g/mol. The van der Waals surface area contributed by atoms with Gasteiger partial charge in [0.05, 0.1) is 28.3 Å². The monoisotopic (exact) mass is 369 g/mol. The van der Waals surface area contributed by atoms with Crippen molar-refractivity contribution in [1.82, 2.24) is 19.5 Å². The van der Waals surface area contributed by atoms with E-state index in [2.05, 4.69) is 20.3 Å². The molecule has 0 saturated heterocycles. The van der Waals surface area contributed by atoms with Crippen LogP contribution in [0, 0.1) is 0 Å². The molecule has 0 radical (unpaired) electrons. The van der Waals surface area contributed by atoms with Crippen LogP contribution in [0.5, 0.6) is 0 Å². The lowest BCUT2D eigenvalue weighted by Crippen LogP contribution is -2.27. The fourth-order valence-electron chi connectivity index (χ4n) is 2.71. The average Bonchev–Trinajstić information content (AvgIpc) is 2.96. The molecule has 4 aromatic rings. The van der Waals surface area contributed by atoms with Crippen molar-refractivity contribution in [3.05, 3.63) is 68.6 Å². The van der Waals surface area contributed by atoms with Crippen LogP contribution in [0.25, 0.3) is 21.9 Å². The minimum atomic E-state index is -0.389. The molecular formula is C17H12ClN5O3. The Hall–Kier alpha value is -3.39. The molecule has 0 aliphatic rings. The maximum atomic E-state index is 12.5. The molecule has 2 aromatic carbocycles. The van der Waals surface area contributed by atoms with Crippen molar-refractivity contribution < 1.29 is 4.79 Å². The number of fused-ring (bicyclic) bond motifs is 2. The van der Waals surface area contributed by atoms with Gasteiger partial charge in [0.2, 0.25) is 5.91 Å². The van der Waals surface area contributed by atoms with Gasteiger partial charge in [0.25, 0.3) is 5.56 Å². The third-order valence-corrected chi connectivity index (χ3v) is 4.14. The van der Waals surface area contributed by atoms with Gasteiger partial charge < -0.3 is 15.3 Å². The number of hydrogen-bond acceptors (Lipinski definition) is 4. The molecule has 0 aliphatic carbocycles. The number of aromatic nitrogens is 4. The van der Waals surface area contributed by atoms with E-state index in [-0.39, 0.29) is 23.7 Å². The maximum absolute atomic E-state index is 12.5. The van der Waals surface area contributed by atoms with E-state index in [0.29, 0.717) is 32.6 Å². The summed E-state index contributed by atoms with van der Waals surface area (Å²) in [5.41, 5.74) is 1.55. The first-order chi connectivity index (χ1) is 12.5. The summed E-state index contributed by atoms with van der Waals surface area (Å²) in [4.78, 5) is 45.4. The number of carbonyl (C=O) groups is 1. The molecule has 0 atom stereocenters. The number of carbonyl (C=O) groups excluding carboxylic acids is 1. The summed E-state index contributed by atoms with van der Waals surface area (Å²) in [5, 5.41) is 3.56. The standard InChI is InChI=1S/C17H12ClN5O3/c18-9-1-3-11-13(5-9)19-8-23(16(11)25)7-15(24)20-10-2-4-12-14(6-10)22-17(26)21-12/h1-6,8H,7H2,(H,20,24)(H2,21,22,26). The fraction of sp³-hybridized carbons (Fsp3) is 0.0588. The highest BCUT2D eigenvalue weighted by Gasteiger charge is 2.09. The second-order valence-electron chi connectivity index (χ2n) is 5.73. The van der Waals surface area contributed by atoms with Crippen molar-refractivity contribution >= 4 is 45.1 Å². The van der Waals surface area contributed by atoms with Crippen LogP contribution in [0.1, 0.15) is 0 Å². The summed E-state index contributed by atoms with van der Waals surface area (Å²) >= 11 is 5.89. The zero-order valence-corrected chi connectivity index (χ0v) is 14.0. The highest BCUT2D eigenvalue weighted by atomic mass is 35.5. The normalized spacial score (nSPS) is 11.1. The van der Waals surface area contributed by atoms with Gasteiger partial charge in [0.1, 0.15) is 6.54 Å². The lowest BCUT2D eigenvalue weighted by Gasteiger charge is -2.08. The first kappa shape index (κ1) is 16.1. The van der Waals surface area contributed by atoms with Gasteiger partial charge in [-0.25, -0.2) is 9.78 Å². The Balaban J connectivity index is 1.58. The Kier molecular flexibility index (Phi) is 3.81. The molecule has 3 N–H and O–H groups in total. The number of anilines is 1. The van der Waals surface area contributed by atoms with E-state index in [1.165, 1.54) is 10.9 Å². The van der Waals surface area contributed by atoms with Gasteiger partial charge in [-0.3, -0.25) is 14.2 Å². The highest BCUT2D eigenvalue weighted by Crippen LogP contribution is 2.15. The van der Waals surface area contributed by atoms with Gasteiger partial charge in [-0.05, 0) is 36.4 Å². The molecule has 9 heteroatoms. The number of H-pyrrole nitrogens is 2. The van der Waals surface area contributed by atoms with E-state index in [4.69, 9.17) is 11.6 Å². The van der Waals surface area contributed by atoms with Gasteiger partial charge in [-0.15, -0.1) is 0 Å². The highest BCUT2D eigenvalue weighted by molar-refractivity contribution is 6.31. The molecule has 8 nitrogen and oxygen atoms in total. The third kappa shape index (κ3) is 2.98. The zero-order valence-electron chi connectivity index (χ0n) is 13.2. The summed E-state index contributed by atoms with van der Waals surface area (Å²) < 4.78 is 1.22. The van der Waals surface area contributed by atoms with Crippen LogP contribution in [-0.2, 0) is 11.3 Å². The Morgan fingerprint density at radius 3 is 2.77 bits per heavy atom. The first-order valence-electron chi connectivity index (χ1n) is 7.66. The Morgan fingerprint density at radius 1 is 1.12 bits per heavy atom. The van der Waals surface area contributed by atoms with Crippen molar-refractivity contribution in [3.8, 4) is 0 Å². The van der Waals surface area contributed by atoms with Crippen molar-refractivity contribution in [1.29, 1.82) is 0 Å². The van der Waals surface area contributed by atoms with Crippen LogP contribution in [0.2, 0.25) is 5.02 Å². The van der Waals surface area contributed by atoms with E-state index in [9.17, 15) is 14.4 Å². The zero-order chi connectivity index (χ0) is 18.3. The van der Waals surface area contributed by atoms with Crippen molar-refractivity contribution in [2.75, 3.05) is 5.32 Å². The second-order valence-corrected chi connectivity index (χ2v) is 6.16.